The number of carbonyl (C=O) groups is 1. The highest BCUT2D eigenvalue weighted by atomic mass is 19.3. The van der Waals surface area contributed by atoms with Gasteiger partial charge in [0.05, 0.1) is 22.7 Å². The van der Waals surface area contributed by atoms with Gasteiger partial charge in [-0.05, 0) is 31.1 Å². The zero-order valence-corrected chi connectivity index (χ0v) is 18.0. The third-order valence-electron chi connectivity index (χ3n) is 7.05. The summed E-state index contributed by atoms with van der Waals surface area (Å²) >= 11 is 0. The van der Waals surface area contributed by atoms with E-state index in [0.29, 0.717) is 11.3 Å². The molecule has 1 aromatic heterocycles. The second kappa shape index (κ2) is 8.10. The molecule has 0 spiro atoms. The number of nitrogens with zero attached hydrogens (tertiary/aromatic N) is 2. The van der Waals surface area contributed by atoms with Crippen LogP contribution in [-0.4, -0.2) is 29.5 Å². The van der Waals surface area contributed by atoms with Gasteiger partial charge in [-0.2, -0.15) is 5.26 Å². The number of cyclic esters (lactones) is 1. The third kappa shape index (κ3) is 3.49. The highest BCUT2D eigenvalue weighted by Crippen LogP contribution is 2.58. The van der Waals surface area contributed by atoms with E-state index in [0.717, 1.165) is 11.1 Å². The van der Waals surface area contributed by atoms with Gasteiger partial charge in [0.2, 0.25) is 0 Å². The molecule has 4 rings (SSSR count). The summed E-state index contributed by atoms with van der Waals surface area (Å²) in [7, 11) is 0. The standard InChI is InChI=1S/C25H25F2N3O2/c1-15-20(22-16(2)32-23(31)24(22,14-29)13-25(15,26)27)10-9-19-8-7-18(12-30-19)21-6-4-3-5-17(21)11-28/h3-10,12,15-16,20,22H,13-14,29H2,1-2H3/b10-9+/t15-,16+,20-,22-,24-/m0/s1. The summed E-state index contributed by atoms with van der Waals surface area (Å²) in [5.41, 5.74) is 7.22. The van der Waals surface area contributed by atoms with Crippen molar-refractivity contribution in [2.24, 2.45) is 28.9 Å². The van der Waals surface area contributed by atoms with Gasteiger partial charge in [0.15, 0.2) is 0 Å². The number of fused-ring (bicyclic) bond motifs is 1. The van der Waals surface area contributed by atoms with Crippen LogP contribution in [0.15, 0.2) is 48.7 Å². The summed E-state index contributed by atoms with van der Waals surface area (Å²) in [6.45, 7) is 3.09. The van der Waals surface area contributed by atoms with Gasteiger partial charge in [-0.1, -0.05) is 37.3 Å². The molecule has 0 radical (unpaired) electrons. The minimum absolute atomic E-state index is 0.168. The normalized spacial score (nSPS) is 31.2. The topological polar surface area (TPSA) is 89.0 Å². The lowest BCUT2D eigenvalue weighted by Crippen LogP contribution is -2.56. The number of carbonyl (C=O) groups excluding carboxylic acids is 1. The lowest BCUT2D eigenvalue weighted by Gasteiger charge is -2.47. The van der Waals surface area contributed by atoms with Gasteiger partial charge >= 0.3 is 5.97 Å². The number of pyridine rings is 1. The zero-order valence-electron chi connectivity index (χ0n) is 18.0. The van der Waals surface area contributed by atoms with Crippen LogP contribution < -0.4 is 5.73 Å². The Kier molecular flexibility index (Phi) is 5.59. The van der Waals surface area contributed by atoms with Crippen molar-refractivity contribution in [1.29, 1.82) is 5.26 Å². The molecule has 2 aromatic rings. The Labute approximate surface area is 185 Å². The molecule has 32 heavy (non-hydrogen) atoms. The van der Waals surface area contributed by atoms with Crippen molar-refractivity contribution in [2.75, 3.05) is 6.54 Å². The smallest absolute Gasteiger partial charge is 0.314 e. The first-order valence-corrected chi connectivity index (χ1v) is 10.7. The van der Waals surface area contributed by atoms with Gasteiger partial charge in [-0.3, -0.25) is 9.78 Å². The molecule has 166 valence electrons. The van der Waals surface area contributed by atoms with E-state index < -0.39 is 47.6 Å². The number of nitriles is 1. The van der Waals surface area contributed by atoms with Gasteiger partial charge in [0, 0.05) is 42.1 Å². The summed E-state index contributed by atoms with van der Waals surface area (Å²) in [6.07, 6.45) is 4.01. The number of ether oxygens (including phenoxy) is 1. The maximum atomic E-state index is 14.9. The molecule has 1 aliphatic carbocycles. The number of benzene rings is 1. The average molecular weight is 437 g/mol. The van der Waals surface area contributed by atoms with Crippen LogP contribution in [0, 0.1) is 34.5 Å². The van der Waals surface area contributed by atoms with E-state index in [1.807, 2.05) is 18.2 Å². The van der Waals surface area contributed by atoms with E-state index in [1.165, 1.54) is 6.92 Å². The highest BCUT2D eigenvalue weighted by Gasteiger charge is 2.67. The Morgan fingerprint density at radius 2 is 2.03 bits per heavy atom. The van der Waals surface area contributed by atoms with Crippen LogP contribution in [0.4, 0.5) is 8.78 Å². The lowest BCUT2D eigenvalue weighted by atomic mass is 9.56. The van der Waals surface area contributed by atoms with Crippen LogP contribution in [-0.2, 0) is 9.53 Å². The number of esters is 1. The van der Waals surface area contributed by atoms with Gasteiger partial charge in [0.1, 0.15) is 6.10 Å². The van der Waals surface area contributed by atoms with Crippen molar-refractivity contribution < 1.29 is 18.3 Å². The number of alkyl halides is 2. The summed E-state index contributed by atoms with van der Waals surface area (Å²) in [5.74, 6) is -5.65. The molecule has 1 aromatic carbocycles. The Morgan fingerprint density at radius 3 is 2.69 bits per heavy atom. The molecule has 0 unspecified atom stereocenters. The van der Waals surface area contributed by atoms with E-state index in [-0.39, 0.29) is 6.54 Å². The third-order valence-corrected chi connectivity index (χ3v) is 7.05. The van der Waals surface area contributed by atoms with E-state index in [4.69, 9.17) is 10.5 Å². The minimum Gasteiger partial charge on any atom is -0.462 e. The fraction of sp³-hybridized carbons (Fsp3) is 0.400. The Bertz CT molecular complexity index is 1090. The maximum Gasteiger partial charge on any atom is 0.314 e. The van der Waals surface area contributed by atoms with Crippen LogP contribution in [0.1, 0.15) is 31.5 Å². The van der Waals surface area contributed by atoms with Crippen molar-refractivity contribution in [1.82, 2.24) is 4.98 Å². The van der Waals surface area contributed by atoms with Crippen molar-refractivity contribution in [3.8, 4) is 17.2 Å². The SMILES string of the molecule is C[C@H]1OC(=O)[C@]2(CN)CC(F)(F)[C@@H](C)[C@H](/C=C/c3ccc(-c4ccccc4C#N)cn3)[C@H]12. The fourth-order valence-corrected chi connectivity index (χ4v) is 5.27. The van der Waals surface area contributed by atoms with Crippen LogP contribution in [0.3, 0.4) is 0 Å². The molecule has 2 fully saturated rings. The van der Waals surface area contributed by atoms with E-state index in [9.17, 15) is 18.8 Å². The van der Waals surface area contributed by atoms with E-state index in [2.05, 4.69) is 11.1 Å². The van der Waals surface area contributed by atoms with Crippen molar-refractivity contribution in [3.63, 3.8) is 0 Å². The second-order valence-electron chi connectivity index (χ2n) is 8.79. The number of allylic oxidation sites excluding steroid dienone is 1. The number of hydrogen-bond acceptors (Lipinski definition) is 5. The molecule has 0 amide bonds. The minimum atomic E-state index is -3.04. The molecule has 5 nitrogen and oxygen atoms in total. The van der Waals surface area contributed by atoms with Crippen LogP contribution in [0.5, 0.6) is 0 Å². The first kappa shape index (κ1) is 22.1. The molecule has 5 atom stereocenters. The van der Waals surface area contributed by atoms with Gasteiger partial charge < -0.3 is 10.5 Å². The summed E-state index contributed by atoms with van der Waals surface area (Å²) in [4.78, 5) is 16.9. The number of rotatable bonds is 4. The van der Waals surface area contributed by atoms with Crippen molar-refractivity contribution in [3.05, 3.63) is 59.9 Å². The quantitative estimate of drug-likeness (QED) is 0.715. The molecule has 2 heterocycles. The van der Waals surface area contributed by atoms with Crippen LogP contribution in [0.2, 0.25) is 0 Å². The molecule has 1 aliphatic heterocycles. The Hall–Kier alpha value is -3.11. The molecule has 1 saturated carbocycles. The molecular formula is C25H25F2N3O2. The molecular weight excluding hydrogens is 412 g/mol. The number of halogens is 2. The van der Waals surface area contributed by atoms with Gasteiger partial charge in [-0.15, -0.1) is 0 Å². The average Bonchev–Trinajstić information content (AvgIpc) is 3.03. The van der Waals surface area contributed by atoms with Crippen molar-refractivity contribution in [2.45, 2.75) is 32.3 Å². The van der Waals surface area contributed by atoms with Crippen LogP contribution in [0.25, 0.3) is 17.2 Å². The van der Waals surface area contributed by atoms with Gasteiger partial charge in [-0.25, -0.2) is 8.78 Å². The predicted molar refractivity (Wildman–Crippen MR) is 116 cm³/mol. The first-order chi connectivity index (χ1) is 15.2. The predicted octanol–water partition coefficient (Wildman–Crippen LogP) is 4.43. The zero-order chi connectivity index (χ0) is 23.1. The molecule has 2 N–H and O–H groups in total. The molecule has 1 saturated heterocycles. The van der Waals surface area contributed by atoms with E-state index >= 15 is 0 Å². The lowest BCUT2D eigenvalue weighted by molar-refractivity contribution is -0.169. The van der Waals surface area contributed by atoms with Gasteiger partial charge in [0.25, 0.3) is 5.92 Å². The number of aromatic nitrogens is 1. The van der Waals surface area contributed by atoms with Crippen LogP contribution >= 0.6 is 0 Å². The monoisotopic (exact) mass is 437 g/mol. The molecule has 2 aliphatic rings. The number of nitrogens with two attached hydrogens (primary N) is 1. The molecule has 0 bridgehead atoms. The molecule has 7 heteroatoms. The summed E-state index contributed by atoms with van der Waals surface area (Å²) in [5, 5.41) is 9.30. The Balaban J connectivity index is 1.64. The maximum absolute atomic E-state index is 14.9. The highest BCUT2D eigenvalue weighted by molar-refractivity contribution is 5.80. The number of hydrogen-bond donors (Lipinski definition) is 1. The second-order valence-corrected chi connectivity index (χ2v) is 8.79. The largest absolute Gasteiger partial charge is 0.462 e. The fourth-order valence-electron chi connectivity index (χ4n) is 5.27. The summed E-state index contributed by atoms with van der Waals surface area (Å²) < 4.78 is 35.2. The first-order valence-electron chi connectivity index (χ1n) is 10.7. The summed E-state index contributed by atoms with van der Waals surface area (Å²) in [6, 6.07) is 13.0. The van der Waals surface area contributed by atoms with E-state index in [1.54, 1.807) is 43.5 Å². The Morgan fingerprint density at radius 1 is 1.28 bits per heavy atom. The van der Waals surface area contributed by atoms with Crippen molar-refractivity contribution >= 4 is 12.0 Å².